The van der Waals surface area contributed by atoms with Gasteiger partial charge in [0.2, 0.25) is 0 Å². The third-order valence-electron chi connectivity index (χ3n) is 1.09. The number of hydrogen-bond donors (Lipinski definition) is 0. The maximum atomic E-state index is 10.8. The molecule has 0 spiro atoms. The normalized spacial score (nSPS) is 10.4. The largest absolute Gasteiger partial charge is 0.463 e. The first-order valence-corrected chi connectivity index (χ1v) is 3.52. The molecule has 0 aliphatic heterocycles. The Bertz CT molecular complexity index is 266. The highest BCUT2D eigenvalue weighted by Gasteiger charge is 1.92. The highest BCUT2D eigenvalue weighted by atomic mass is 16.5. The first kappa shape index (κ1) is 8.45. The smallest absolute Gasteiger partial charge is 0.332 e. The molecular weight excluding hydrogens is 158 g/mol. The van der Waals surface area contributed by atoms with Crippen LogP contribution in [0.5, 0.6) is 0 Å². The standard InChI is InChI=1S/C7H9N3O2/c1-2-12-7(11)3-4-10-6-8-5-9-10/h3-6H,2H2,1H3/b4-3+. The van der Waals surface area contributed by atoms with Crippen molar-refractivity contribution in [2.24, 2.45) is 0 Å². The zero-order valence-corrected chi connectivity index (χ0v) is 6.67. The molecule has 0 radical (unpaired) electrons. The van der Waals surface area contributed by atoms with Crippen LogP contribution in [0.1, 0.15) is 6.92 Å². The minimum absolute atomic E-state index is 0.376. The van der Waals surface area contributed by atoms with Gasteiger partial charge in [-0.3, -0.25) is 0 Å². The summed E-state index contributed by atoms with van der Waals surface area (Å²) in [5.41, 5.74) is 0. The van der Waals surface area contributed by atoms with E-state index < -0.39 is 0 Å². The topological polar surface area (TPSA) is 57.0 Å². The molecule has 0 aliphatic carbocycles. The molecule has 0 atom stereocenters. The fraction of sp³-hybridized carbons (Fsp3) is 0.286. The number of carbonyl (C=O) groups excluding carboxylic acids is 1. The van der Waals surface area contributed by atoms with Crippen LogP contribution in [0.4, 0.5) is 0 Å². The van der Waals surface area contributed by atoms with Gasteiger partial charge in [-0.25, -0.2) is 14.5 Å². The Hall–Kier alpha value is -1.65. The van der Waals surface area contributed by atoms with E-state index >= 15 is 0 Å². The average Bonchev–Trinajstić information content (AvgIpc) is 2.53. The molecule has 0 saturated carbocycles. The van der Waals surface area contributed by atoms with E-state index in [1.807, 2.05) is 0 Å². The fourth-order valence-corrected chi connectivity index (χ4v) is 0.622. The Kier molecular flexibility index (Phi) is 3.01. The van der Waals surface area contributed by atoms with Crippen LogP contribution in [0.3, 0.4) is 0 Å². The van der Waals surface area contributed by atoms with Gasteiger partial charge in [0.05, 0.1) is 6.61 Å². The van der Waals surface area contributed by atoms with Gasteiger partial charge in [0.15, 0.2) is 0 Å². The summed E-state index contributed by atoms with van der Waals surface area (Å²) < 4.78 is 6.07. The number of rotatable bonds is 3. The lowest BCUT2D eigenvalue weighted by atomic mass is 10.6. The molecule has 1 aromatic heterocycles. The van der Waals surface area contributed by atoms with Gasteiger partial charge in [-0.2, -0.15) is 5.10 Å². The maximum absolute atomic E-state index is 10.8. The minimum Gasteiger partial charge on any atom is -0.463 e. The summed E-state index contributed by atoms with van der Waals surface area (Å²) in [7, 11) is 0. The van der Waals surface area contributed by atoms with E-state index in [9.17, 15) is 4.79 Å². The van der Waals surface area contributed by atoms with Crippen molar-refractivity contribution in [2.75, 3.05) is 6.61 Å². The van der Waals surface area contributed by atoms with Crippen LogP contribution in [0.15, 0.2) is 18.7 Å². The molecule has 0 unspecified atom stereocenters. The number of aromatic nitrogens is 3. The van der Waals surface area contributed by atoms with E-state index in [1.54, 1.807) is 6.92 Å². The van der Waals surface area contributed by atoms with Crippen LogP contribution in [0.2, 0.25) is 0 Å². The lowest BCUT2D eigenvalue weighted by Gasteiger charge is -1.93. The van der Waals surface area contributed by atoms with Gasteiger partial charge in [-0.15, -0.1) is 0 Å². The van der Waals surface area contributed by atoms with E-state index in [1.165, 1.54) is 29.6 Å². The van der Waals surface area contributed by atoms with Crippen molar-refractivity contribution in [2.45, 2.75) is 6.92 Å². The van der Waals surface area contributed by atoms with E-state index in [0.29, 0.717) is 6.61 Å². The van der Waals surface area contributed by atoms with Crippen LogP contribution in [-0.2, 0) is 9.53 Å². The maximum Gasteiger partial charge on any atom is 0.332 e. The summed E-state index contributed by atoms with van der Waals surface area (Å²) in [6.07, 6.45) is 5.63. The average molecular weight is 167 g/mol. The van der Waals surface area contributed by atoms with Gasteiger partial charge in [-0.1, -0.05) is 0 Å². The molecule has 0 amide bonds. The van der Waals surface area contributed by atoms with Crippen LogP contribution < -0.4 is 0 Å². The number of carbonyl (C=O) groups is 1. The molecule has 64 valence electrons. The van der Waals surface area contributed by atoms with Crippen molar-refractivity contribution in [1.29, 1.82) is 0 Å². The summed E-state index contributed by atoms with van der Waals surface area (Å²) >= 11 is 0. The van der Waals surface area contributed by atoms with E-state index in [2.05, 4.69) is 14.8 Å². The SMILES string of the molecule is CCOC(=O)/C=C/n1cncn1. The predicted molar refractivity (Wildman–Crippen MR) is 42.0 cm³/mol. The van der Waals surface area contributed by atoms with Gasteiger partial charge < -0.3 is 4.74 Å². The van der Waals surface area contributed by atoms with E-state index in [-0.39, 0.29) is 5.97 Å². The third kappa shape index (κ3) is 2.53. The number of esters is 1. The number of nitrogens with zero attached hydrogens (tertiary/aromatic N) is 3. The van der Waals surface area contributed by atoms with E-state index in [0.717, 1.165) is 0 Å². The van der Waals surface area contributed by atoms with Crippen molar-refractivity contribution >= 4 is 12.2 Å². The molecule has 1 rings (SSSR count). The fourth-order valence-electron chi connectivity index (χ4n) is 0.622. The second kappa shape index (κ2) is 4.27. The molecular formula is C7H9N3O2. The molecule has 0 fully saturated rings. The Labute approximate surface area is 69.7 Å². The van der Waals surface area contributed by atoms with Gasteiger partial charge in [0, 0.05) is 12.3 Å². The second-order valence-electron chi connectivity index (χ2n) is 1.94. The molecule has 0 aliphatic rings. The molecule has 0 aromatic carbocycles. The van der Waals surface area contributed by atoms with Crippen LogP contribution in [-0.4, -0.2) is 27.3 Å². The van der Waals surface area contributed by atoms with Gasteiger partial charge in [0.1, 0.15) is 12.7 Å². The lowest BCUT2D eigenvalue weighted by Crippen LogP contribution is -1.99. The number of hydrogen-bond acceptors (Lipinski definition) is 4. The summed E-state index contributed by atoms with van der Waals surface area (Å²) in [4.78, 5) is 14.5. The summed E-state index contributed by atoms with van der Waals surface area (Å²) in [6.45, 7) is 2.13. The molecule has 0 bridgehead atoms. The van der Waals surface area contributed by atoms with Crippen molar-refractivity contribution in [3.8, 4) is 0 Å². The van der Waals surface area contributed by atoms with Gasteiger partial charge in [-0.05, 0) is 6.92 Å². The number of ether oxygens (including phenoxy) is 1. The first-order chi connectivity index (χ1) is 5.83. The first-order valence-electron chi connectivity index (χ1n) is 3.52. The van der Waals surface area contributed by atoms with Crippen LogP contribution >= 0.6 is 0 Å². The minimum atomic E-state index is -0.381. The molecule has 0 saturated heterocycles. The Morgan fingerprint density at radius 2 is 2.58 bits per heavy atom. The van der Waals surface area contributed by atoms with Crippen molar-refractivity contribution < 1.29 is 9.53 Å². The molecule has 5 heteroatoms. The quantitative estimate of drug-likeness (QED) is 0.480. The third-order valence-corrected chi connectivity index (χ3v) is 1.09. The summed E-state index contributed by atoms with van der Waals surface area (Å²) in [5.74, 6) is -0.381. The zero-order chi connectivity index (χ0) is 8.81. The summed E-state index contributed by atoms with van der Waals surface area (Å²) in [6, 6.07) is 0. The summed E-state index contributed by atoms with van der Waals surface area (Å²) in [5, 5.41) is 3.76. The molecule has 0 N–H and O–H groups in total. The van der Waals surface area contributed by atoms with Gasteiger partial charge in [0.25, 0.3) is 0 Å². The highest BCUT2D eigenvalue weighted by molar-refractivity contribution is 5.84. The van der Waals surface area contributed by atoms with Crippen molar-refractivity contribution in [3.05, 3.63) is 18.7 Å². The predicted octanol–water partition coefficient (Wildman–Crippen LogP) is 0.312. The molecule has 1 aromatic rings. The van der Waals surface area contributed by atoms with Crippen molar-refractivity contribution in [3.63, 3.8) is 0 Å². The Morgan fingerprint density at radius 3 is 3.17 bits per heavy atom. The Balaban J connectivity index is 2.45. The molecule has 12 heavy (non-hydrogen) atoms. The zero-order valence-electron chi connectivity index (χ0n) is 6.67. The monoisotopic (exact) mass is 167 g/mol. The lowest BCUT2D eigenvalue weighted by molar-refractivity contribution is -0.137. The molecule has 5 nitrogen and oxygen atoms in total. The molecule has 1 heterocycles. The highest BCUT2D eigenvalue weighted by Crippen LogP contribution is 1.85. The second-order valence-corrected chi connectivity index (χ2v) is 1.94. The van der Waals surface area contributed by atoms with E-state index in [4.69, 9.17) is 0 Å². The van der Waals surface area contributed by atoms with Crippen LogP contribution in [0, 0.1) is 0 Å². The van der Waals surface area contributed by atoms with Gasteiger partial charge >= 0.3 is 5.97 Å². The van der Waals surface area contributed by atoms with Crippen LogP contribution in [0.25, 0.3) is 6.20 Å². The Morgan fingerprint density at radius 1 is 1.75 bits per heavy atom. The van der Waals surface area contributed by atoms with Crippen molar-refractivity contribution in [1.82, 2.24) is 14.8 Å².